The van der Waals surface area contributed by atoms with E-state index < -0.39 is 5.82 Å². The van der Waals surface area contributed by atoms with Gasteiger partial charge in [0.05, 0.1) is 18.2 Å². The summed E-state index contributed by atoms with van der Waals surface area (Å²) in [7, 11) is 0. The maximum atomic E-state index is 13.7. The molecule has 0 aliphatic carbocycles. The summed E-state index contributed by atoms with van der Waals surface area (Å²) >= 11 is 0. The first kappa shape index (κ1) is 13.5. The van der Waals surface area contributed by atoms with Gasteiger partial charge in [0, 0.05) is 12.6 Å². The number of ether oxygens (including phenoxy) is 1. The number of hydrogen-bond donors (Lipinski definition) is 1. The Labute approximate surface area is 112 Å². The highest BCUT2D eigenvalue weighted by molar-refractivity contribution is 5.29. The summed E-state index contributed by atoms with van der Waals surface area (Å²) in [6.07, 6.45) is 3.48. The molecule has 0 atom stereocenters. The van der Waals surface area contributed by atoms with Crippen molar-refractivity contribution >= 4 is 0 Å². The van der Waals surface area contributed by atoms with Crippen LogP contribution in [0.25, 0.3) is 0 Å². The van der Waals surface area contributed by atoms with E-state index in [0.717, 1.165) is 11.3 Å². The summed E-state index contributed by atoms with van der Waals surface area (Å²) in [6.45, 7) is 4.72. The Kier molecular flexibility index (Phi) is 4.16. The SMILES string of the molecule is CC(C)n1cncc1COc1ccc(CN)cc1F. The van der Waals surface area contributed by atoms with E-state index in [9.17, 15) is 4.39 Å². The lowest BCUT2D eigenvalue weighted by molar-refractivity contribution is 0.278. The third kappa shape index (κ3) is 3.12. The quantitative estimate of drug-likeness (QED) is 0.902. The monoisotopic (exact) mass is 263 g/mol. The molecular weight excluding hydrogens is 245 g/mol. The van der Waals surface area contributed by atoms with Gasteiger partial charge in [0.25, 0.3) is 0 Å². The highest BCUT2D eigenvalue weighted by Gasteiger charge is 2.08. The molecule has 102 valence electrons. The van der Waals surface area contributed by atoms with Gasteiger partial charge in [-0.15, -0.1) is 0 Å². The first-order valence-electron chi connectivity index (χ1n) is 6.23. The maximum Gasteiger partial charge on any atom is 0.165 e. The molecule has 1 aromatic carbocycles. The average molecular weight is 263 g/mol. The second kappa shape index (κ2) is 5.84. The van der Waals surface area contributed by atoms with Crippen LogP contribution in [0.15, 0.2) is 30.7 Å². The number of imidazole rings is 1. The van der Waals surface area contributed by atoms with Crippen molar-refractivity contribution < 1.29 is 9.13 Å². The third-order valence-corrected chi connectivity index (χ3v) is 2.91. The van der Waals surface area contributed by atoms with Crippen LogP contribution < -0.4 is 10.5 Å². The average Bonchev–Trinajstić information content (AvgIpc) is 2.85. The van der Waals surface area contributed by atoms with Crippen LogP contribution in [0.1, 0.15) is 31.1 Å². The molecule has 2 N–H and O–H groups in total. The summed E-state index contributed by atoms with van der Waals surface area (Å²) < 4.78 is 21.2. The third-order valence-electron chi connectivity index (χ3n) is 2.91. The lowest BCUT2D eigenvalue weighted by Crippen LogP contribution is -2.08. The molecule has 2 aromatic rings. The Bertz CT molecular complexity index is 551. The summed E-state index contributed by atoms with van der Waals surface area (Å²) in [5.41, 5.74) is 7.12. The van der Waals surface area contributed by atoms with Crippen LogP contribution in [0.2, 0.25) is 0 Å². The molecule has 5 heteroatoms. The standard InChI is InChI=1S/C14H18FN3O/c1-10(2)18-9-17-7-12(18)8-19-14-4-3-11(6-16)5-13(14)15/h3-5,7,9-10H,6,8,16H2,1-2H3. The molecule has 0 saturated heterocycles. The summed E-state index contributed by atoms with van der Waals surface area (Å²) in [6, 6.07) is 5.06. The smallest absolute Gasteiger partial charge is 0.165 e. The van der Waals surface area contributed by atoms with Gasteiger partial charge in [0.2, 0.25) is 0 Å². The number of nitrogens with two attached hydrogens (primary N) is 1. The Balaban J connectivity index is 2.08. The van der Waals surface area contributed by atoms with Crippen molar-refractivity contribution in [3.8, 4) is 5.75 Å². The van der Waals surface area contributed by atoms with E-state index in [-0.39, 0.29) is 12.4 Å². The number of rotatable bonds is 5. The van der Waals surface area contributed by atoms with Gasteiger partial charge in [-0.3, -0.25) is 0 Å². The molecule has 0 saturated carbocycles. The van der Waals surface area contributed by atoms with Gasteiger partial charge in [-0.25, -0.2) is 9.37 Å². The molecule has 19 heavy (non-hydrogen) atoms. The zero-order valence-corrected chi connectivity index (χ0v) is 11.1. The fraction of sp³-hybridized carbons (Fsp3) is 0.357. The molecule has 2 rings (SSSR count). The number of aromatic nitrogens is 2. The summed E-state index contributed by atoms with van der Waals surface area (Å²) in [5, 5.41) is 0. The predicted octanol–water partition coefficient (Wildman–Crippen LogP) is 2.64. The van der Waals surface area contributed by atoms with E-state index >= 15 is 0 Å². The highest BCUT2D eigenvalue weighted by atomic mass is 19.1. The van der Waals surface area contributed by atoms with Gasteiger partial charge in [-0.2, -0.15) is 0 Å². The number of halogens is 1. The summed E-state index contributed by atoms with van der Waals surface area (Å²) in [4.78, 5) is 4.08. The van der Waals surface area contributed by atoms with Crippen molar-refractivity contribution in [2.45, 2.75) is 33.0 Å². The Morgan fingerprint density at radius 3 is 2.84 bits per heavy atom. The zero-order valence-electron chi connectivity index (χ0n) is 11.1. The highest BCUT2D eigenvalue weighted by Crippen LogP contribution is 2.20. The fourth-order valence-electron chi connectivity index (χ4n) is 1.85. The van der Waals surface area contributed by atoms with Crippen LogP contribution in [0.3, 0.4) is 0 Å². The van der Waals surface area contributed by atoms with Crippen LogP contribution in [0.5, 0.6) is 5.75 Å². The Morgan fingerprint density at radius 1 is 1.42 bits per heavy atom. The maximum absolute atomic E-state index is 13.7. The Morgan fingerprint density at radius 2 is 2.21 bits per heavy atom. The van der Waals surface area contributed by atoms with Gasteiger partial charge in [-0.1, -0.05) is 6.07 Å². The molecular formula is C14H18FN3O. The van der Waals surface area contributed by atoms with Crippen molar-refractivity contribution in [2.75, 3.05) is 0 Å². The molecule has 0 bridgehead atoms. The van der Waals surface area contributed by atoms with E-state index in [1.807, 2.05) is 4.57 Å². The minimum Gasteiger partial charge on any atom is -0.484 e. The van der Waals surface area contributed by atoms with Crippen LogP contribution in [-0.4, -0.2) is 9.55 Å². The normalized spacial score (nSPS) is 11.0. The van der Waals surface area contributed by atoms with Crippen molar-refractivity contribution in [2.24, 2.45) is 5.73 Å². The Hall–Kier alpha value is -1.88. The first-order chi connectivity index (χ1) is 9.11. The molecule has 0 unspecified atom stereocenters. The minimum absolute atomic E-state index is 0.230. The molecule has 0 radical (unpaired) electrons. The van der Waals surface area contributed by atoms with Crippen molar-refractivity contribution in [3.05, 3.63) is 47.8 Å². The first-order valence-corrected chi connectivity index (χ1v) is 6.23. The number of hydrogen-bond acceptors (Lipinski definition) is 3. The number of benzene rings is 1. The lowest BCUT2D eigenvalue weighted by atomic mass is 10.2. The minimum atomic E-state index is -0.390. The summed E-state index contributed by atoms with van der Waals surface area (Å²) in [5.74, 6) is -0.160. The zero-order chi connectivity index (χ0) is 13.8. The van der Waals surface area contributed by atoms with E-state index in [1.165, 1.54) is 6.07 Å². The molecule has 0 aliphatic heterocycles. The van der Waals surface area contributed by atoms with Crippen LogP contribution in [0.4, 0.5) is 4.39 Å². The fourth-order valence-corrected chi connectivity index (χ4v) is 1.85. The van der Waals surface area contributed by atoms with Crippen molar-refractivity contribution in [1.82, 2.24) is 9.55 Å². The van der Waals surface area contributed by atoms with Gasteiger partial charge in [-0.05, 0) is 31.5 Å². The largest absolute Gasteiger partial charge is 0.484 e. The van der Waals surface area contributed by atoms with Crippen LogP contribution in [-0.2, 0) is 13.2 Å². The van der Waals surface area contributed by atoms with Gasteiger partial charge in [0.1, 0.15) is 6.61 Å². The molecule has 1 aromatic heterocycles. The van der Waals surface area contributed by atoms with Gasteiger partial charge >= 0.3 is 0 Å². The number of nitrogens with zero attached hydrogens (tertiary/aromatic N) is 2. The van der Waals surface area contributed by atoms with Gasteiger partial charge < -0.3 is 15.0 Å². The molecule has 1 heterocycles. The van der Waals surface area contributed by atoms with Crippen LogP contribution >= 0.6 is 0 Å². The lowest BCUT2D eigenvalue weighted by Gasteiger charge is -2.13. The second-order valence-corrected chi connectivity index (χ2v) is 4.64. The van der Waals surface area contributed by atoms with Gasteiger partial charge in [0.15, 0.2) is 11.6 Å². The van der Waals surface area contributed by atoms with Crippen molar-refractivity contribution in [3.63, 3.8) is 0 Å². The topological polar surface area (TPSA) is 53.1 Å². The molecule has 0 aliphatic rings. The molecule has 0 spiro atoms. The van der Waals surface area contributed by atoms with E-state index in [4.69, 9.17) is 10.5 Å². The van der Waals surface area contributed by atoms with E-state index in [2.05, 4.69) is 18.8 Å². The van der Waals surface area contributed by atoms with Crippen LogP contribution in [0, 0.1) is 5.82 Å². The van der Waals surface area contributed by atoms with E-state index in [1.54, 1.807) is 24.7 Å². The molecule has 0 fully saturated rings. The molecule has 0 amide bonds. The molecule has 4 nitrogen and oxygen atoms in total. The van der Waals surface area contributed by atoms with E-state index in [0.29, 0.717) is 12.6 Å². The second-order valence-electron chi connectivity index (χ2n) is 4.64. The predicted molar refractivity (Wildman–Crippen MR) is 71.2 cm³/mol. The van der Waals surface area contributed by atoms with Crippen molar-refractivity contribution in [1.29, 1.82) is 0 Å².